The summed E-state index contributed by atoms with van der Waals surface area (Å²) >= 11 is 0. The van der Waals surface area contributed by atoms with E-state index in [1.54, 1.807) is 20.8 Å². The highest BCUT2D eigenvalue weighted by molar-refractivity contribution is 5.69. The molecule has 0 saturated carbocycles. The number of carbonyl (C=O) groups is 1. The number of carbonyl (C=O) groups excluding carboxylic acids is 1. The van der Waals surface area contributed by atoms with Gasteiger partial charge in [-0.15, -0.1) is 0 Å². The predicted molar refractivity (Wildman–Crippen MR) is 59.3 cm³/mol. The van der Waals surface area contributed by atoms with E-state index >= 15 is 0 Å². The molecule has 90 valence electrons. The van der Waals surface area contributed by atoms with Gasteiger partial charge in [-0.2, -0.15) is 0 Å². The van der Waals surface area contributed by atoms with E-state index in [4.69, 9.17) is 21.9 Å². The summed E-state index contributed by atoms with van der Waals surface area (Å²) in [7, 11) is 0. The number of alkyl carbamates (subject to hydrolysis) is 1. The number of amides is 1. The smallest absolute Gasteiger partial charge is 0.408 e. The zero-order chi connectivity index (χ0) is 12.1. The third-order valence-corrected chi connectivity index (χ3v) is 1.94. The Morgan fingerprint density at radius 2 is 1.53 bits per heavy atom. The van der Waals surface area contributed by atoms with Crippen LogP contribution in [0.15, 0.2) is 0 Å². The second-order valence-electron chi connectivity index (χ2n) is 4.52. The van der Waals surface area contributed by atoms with Crippen LogP contribution in [0.2, 0.25) is 0 Å². The summed E-state index contributed by atoms with van der Waals surface area (Å²) in [5.74, 6) is 0. The van der Waals surface area contributed by atoms with E-state index in [0.29, 0.717) is 0 Å². The Morgan fingerprint density at radius 3 is 1.80 bits per heavy atom. The van der Waals surface area contributed by atoms with Crippen LogP contribution in [0.5, 0.6) is 0 Å². The molecule has 0 aliphatic heterocycles. The van der Waals surface area contributed by atoms with E-state index in [1.807, 2.05) is 0 Å². The Bertz CT molecular complexity index is 200. The number of hydrogen-bond acceptors (Lipinski definition) is 5. The van der Waals surface area contributed by atoms with Gasteiger partial charge in [-0.3, -0.25) is 0 Å². The Balaban J connectivity index is 4.36. The molecule has 0 rings (SSSR count). The maximum absolute atomic E-state index is 11.5. The largest absolute Gasteiger partial charge is 0.444 e. The van der Waals surface area contributed by atoms with Gasteiger partial charge in [-0.25, -0.2) is 4.79 Å². The van der Waals surface area contributed by atoms with Gasteiger partial charge in [0.05, 0.1) is 5.54 Å². The third kappa shape index (κ3) is 4.96. The minimum absolute atomic E-state index is 0.180. The van der Waals surface area contributed by atoms with Gasteiger partial charge in [-0.05, 0) is 20.8 Å². The Kier molecular flexibility index (Phi) is 4.99. The van der Waals surface area contributed by atoms with Gasteiger partial charge in [0.1, 0.15) is 5.60 Å². The molecule has 6 nitrogen and oxygen atoms in total. The first kappa shape index (κ1) is 14.2. The third-order valence-electron chi connectivity index (χ3n) is 1.94. The minimum atomic E-state index is -0.775. The van der Waals surface area contributed by atoms with Crippen molar-refractivity contribution in [2.75, 3.05) is 19.6 Å². The van der Waals surface area contributed by atoms with E-state index < -0.39 is 17.2 Å². The van der Waals surface area contributed by atoms with Gasteiger partial charge in [0.25, 0.3) is 0 Å². The summed E-state index contributed by atoms with van der Waals surface area (Å²) in [5, 5.41) is 2.60. The van der Waals surface area contributed by atoms with Crippen LogP contribution in [0.1, 0.15) is 20.8 Å². The van der Waals surface area contributed by atoms with Crippen molar-refractivity contribution in [3.63, 3.8) is 0 Å². The molecule has 0 bridgehead atoms. The number of nitrogens with one attached hydrogen (secondary N) is 1. The molecule has 0 aromatic carbocycles. The summed E-state index contributed by atoms with van der Waals surface area (Å²) in [6.45, 7) is 5.88. The van der Waals surface area contributed by atoms with Gasteiger partial charge in [0.15, 0.2) is 0 Å². The molecule has 0 aromatic heterocycles. The fourth-order valence-corrected chi connectivity index (χ4v) is 0.923. The van der Waals surface area contributed by atoms with E-state index in [-0.39, 0.29) is 19.6 Å². The van der Waals surface area contributed by atoms with Crippen LogP contribution < -0.4 is 22.5 Å². The second-order valence-corrected chi connectivity index (χ2v) is 4.52. The van der Waals surface area contributed by atoms with Crippen molar-refractivity contribution >= 4 is 6.09 Å². The normalized spacial score (nSPS) is 12.4. The van der Waals surface area contributed by atoms with Crippen LogP contribution in [0.3, 0.4) is 0 Å². The number of nitrogens with two attached hydrogens (primary N) is 3. The van der Waals surface area contributed by atoms with Crippen molar-refractivity contribution in [3.8, 4) is 0 Å². The molecule has 1 amide bonds. The monoisotopic (exact) mass is 218 g/mol. The molecule has 0 fully saturated rings. The second kappa shape index (κ2) is 5.29. The standard InChI is InChI=1S/C9H22N4O2/c1-8(2,3)15-7(14)13-9(4-10,5-11)6-12/h4-6,10-12H2,1-3H3,(H,13,14). The Labute approximate surface area is 90.5 Å². The molecular formula is C9H22N4O2. The Morgan fingerprint density at radius 1 is 1.13 bits per heavy atom. The van der Waals surface area contributed by atoms with Gasteiger partial charge in [0, 0.05) is 19.6 Å². The highest BCUT2D eigenvalue weighted by atomic mass is 16.6. The summed E-state index contributed by atoms with van der Waals surface area (Å²) in [6, 6.07) is 0. The molecule has 0 aromatic rings. The molecule has 6 heteroatoms. The van der Waals surface area contributed by atoms with Crippen LogP contribution in [0, 0.1) is 0 Å². The quantitative estimate of drug-likeness (QED) is 0.489. The number of rotatable bonds is 4. The lowest BCUT2D eigenvalue weighted by Crippen LogP contribution is -2.63. The van der Waals surface area contributed by atoms with Gasteiger partial charge in [-0.1, -0.05) is 0 Å². The topological polar surface area (TPSA) is 116 Å². The van der Waals surface area contributed by atoms with E-state index in [0.717, 1.165) is 0 Å². The van der Waals surface area contributed by atoms with Crippen molar-refractivity contribution in [1.29, 1.82) is 0 Å². The maximum atomic E-state index is 11.5. The summed E-state index contributed by atoms with van der Waals surface area (Å²) in [4.78, 5) is 11.5. The minimum Gasteiger partial charge on any atom is -0.444 e. The van der Waals surface area contributed by atoms with Crippen molar-refractivity contribution < 1.29 is 9.53 Å². The number of hydrogen-bond donors (Lipinski definition) is 4. The highest BCUT2D eigenvalue weighted by Crippen LogP contribution is 2.08. The average molecular weight is 218 g/mol. The molecule has 0 aliphatic carbocycles. The lowest BCUT2D eigenvalue weighted by Gasteiger charge is -2.31. The first-order chi connectivity index (χ1) is 6.78. The molecule has 7 N–H and O–H groups in total. The van der Waals surface area contributed by atoms with Crippen molar-refractivity contribution in [2.24, 2.45) is 17.2 Å². The van der Waals surface area contributed by atoms with Gasteiger partial charge in [0.2, 0.25) is 0 Å². The van der Waals surface area contributed by atoms with E-state index in [1.165, 1.54) is 0 Å². The molecule has 0 heterocycles. The molecule has 0 spiro atoms. The maximum Gasteiger partial charge on any atom is 0.408 e. The molecular weight excluding hydrogens is 196 g/mol. The van der Waals surface area contributed by atoms with Crippen molar-refractivity contribution in [3.05, 3.63) is 0 Å². The van der Waals surface area contributed by atoms with Crippen molar-refractivity contribution in [1.82, 2.24) is 5.32 Å². The SMILES string of the molecule is CC(C)(C)OC(=O)NC(CN)(CN)CN. The predicted octanol–water partition coefficient (Wildman–Crippen LogP) is -0.874. The first-order valence-electron chi connectivity index (χ1n) is 4.90. The lowest BCUT2D eigenvalue weighted by molar-refractivity contribution is 0.0465. The zero-order valence-corrected chi connectivity index (χ0v) is 9.67. The Hall–Kier alpha value is -0.850. The van der Waals surface area contributed by atoms with Crippen LogP contribution in [0.4, 0.5) is 4.79 Å². The van der Waals surface area contributed by atoms with E-state index in [9.17, 15) is 4.79 Å². The highest BCUT2D eigenvalue weighted by Gasteiger charge is 2.29. The molecule has 0 radical (unpaired) electrons. The zero-order valence-electron chi connectivity index (χ0n) is 9.67. The van der Waals surface area contributed by atoms with Crippen LogP contribution >= 0.6 is 0 Å². The lowest BCUT2D eigenvalue weighted by atomic mass is 10.0. The fraction of sp³-hybridized carbons (Fsp3) is 0.889. The molecule has 15 heavy (non-hydrogen) atoms. The molecule has 0 aliphatic rings. The van der Waals surface area contributed by atoms with Gasteiger partial charge < -0.3 is 27.3 Å². The van der Waals surface area contributed by atoms with Crippen molar-refractivity contribution in [2.45, 2.75) is 31.9 Å². The molecule has 0 atom stereocenters. The fourth-order valence-electron chi connectivity index (χ4n) is 0.923. The van der Waals surface area contributed by atoms with E-state index in [2.05, 4.69) is 5.32 Å². The van der Waals surface area contributed by atoms with Crippen LogP contribution in [-0.4, -0.2) is 36.9 Å². The average Bonchev–Trinajstić information content (AvgIpc) is 2.11. The van der Waals surface area contributed by atoms with Crippen LogP contribution in [0.25, 0.3) is 0 Å². The molecule has 0 saturated heterocycles. The summed E-state index contributed by atoms with van der Waals surface area (Å²) in [6.07, 6.45) is -0.552. The van der Waals surface area contributed by atoms with Gasteiger partial charge >= 0.3 is 6.09 Å². The summed E-state index contributed by atoms with van der Waals surface area (Å²) in [5.41, 5.74) is 15.2. The number of ether oxygens (including phenoxy) is 1. The first-order valence-corrected chi connectivity index (χ1v) is 4.90. The van der Waals surface area contributed by atoms with Crippen LogP contribution in [-0.2, 0) is 4.74 Å². The summed E-state index contributed by atoms with van der Waals surface area (Å²) < 4.78 is 5.08. The molecule has 0 unspecified atom stereocenters.